The van der Waals surface area contributed by atoms with Gasteiger partial charge in [0.15, 0.2) is 5.78 Å². The molecule has 2 aromatic rings. The Kier molecular flexibility index (Phi) is 9.29. The van der Waals surface area contributed by atoms with Crippen molar-refractivity contribution in [2.45, 2.75) is 94.9 Å². The van der Waals surface area contributed by atoms with E-state index in [4.69, 9.17) is 9.84 Å². The maximum atomic E-state index is 13.4. The molecule has 40 heavy (non-hydrogen) atoms. The molecule has 1 aliphatic rings. The van der Waals surface area contributed by atoms with Crippen LogP contribution in [-0.4, -0.2) is 28.6 Å². The average molecular weight is 564 g/mol. The molecule has 0 bridgehead atoms. The summed E-state index contributed by atoms with van der Waals surface area (Å²) in [6.07, 6.45) is 3.69. The zero-order valence-corrected chi connectivity index (χ0v) is 27.0. The van der Waals surface area contributed by atoms with Crippen molar-refractivity contribution >= 4 is 28.8 Å². The number of rotatable bonds is 6. The second-order valence-corrected chi connectivity index (χ2v) is 14.0. The summed E-state index contributed by atoms with van der Waals surface area (Å²) in [5.74, 6) is 0.196. The molecule has 0 saturated carbocycles. The quantitative estimate of drug-likeness (QED) is 0.203. The molecular formula is C33H45N3O3S. The number of carbonyl (C=O) groups is 2. The lowest BCUT2D eigenvalue weighted by Crippen LogP contribution is -2.29. The monoisotopic (exact) mass is 563 g/mol. The van der Waals surface area contributed by atoms with Crippen LogP contribution in [0.5, 0.6) is 0 Å². The molecule has 0 radical (unpaired) electrons. The number of hydrogen-bond acceptors (Lipinski definition) is 6. The van der Waals surface area contributed by atoms with Crippen molar-refractivity contribution in [3.05, 3.63) is 68.0 Å². The van der Waals surface area contributed by atoms with E-state index in [0.29, 0.717) is 33.1 Å². The minimum atomic E-state index is -0.367. The summed E-state index contributed by atoms with van der Waals surface area (Å²) in [5.41, 5.74) is 5.50. The van der Waals surface area contributed by atoms with Crippen LogP contribution in [0.3, 0.4) is 0 Å². The van der Waals surface area contributed by atoms with Gasteiger partial charge in [-0.3, -0.25) is 9.36 Å². The SMILES string of the molecule is CCOC(=O)c1s/c(=N/N=C2C=C(C(C)(C)C)C(=O)C(C(C)(C)C)=C2)n(-c2c(C(C)C)cccc2C(C)C)c1C. The third-order valence-corrected chi connectivity index (χ3v) is 8.13. The first-order chi connectivity index (χ1) is 18.5. The Bertz CT molecular complexity index is 1400. The first-order valence-corrected chi connectivity index (χ1v) is 14.9. The van der Waals surface area contributed by atoms with E-state index in [9.17, 15) is 9.59 Å². The Hall–Kier alpha value is -3.06. The predicted octanol–water partition coefficient (Wildman–Crippen LogP) is 8.06. The summed E-state index contributed by atoms with van der Waals surface area (Å²) in [4.78, 5) is 27.5. The lowest BCUT2D eigenvalue weighted by atomic mass is 9.72. The van der Waals surface area contributed by atoms with Gasteiger partial charge < -0.3 is 4.74 Å². The summed E-state index contributed by atoms with van der Waals surface area (Å²) in [7, 11) is 0. The summed E-state index contributed by atoms with van der Waals surface area (Å²) in [5, 5.41) is 9.43. The maximum Gasteiger partial charge on any atom is 0.350 e. The number of esters is 1. The highest BCUT2D eigenvalue weighted by Crippen LogP contribution is 2.37. The van der Waals surface area contributed by atoms with Crippen LogP contribution in [0.1, 0.15) is 114 Å². The van der Waals surface area contributed by atoms with Crippen molar-refractivity contribution in [1.82, 2.24) is 4.57 Å². The van der Waals surface area contributed by atoms with Crippen LogP contribution in [0.2, 0.25) is 0 Å². The number of hydrogen-bond donors (Lipinski definition) is 0. The molecule has 1 aromatic heterocycles. The number of nitrogens with zero attached hydrogens (tertiary/aromatic N) is 3. The minimum absolute atomic E-state index is 0.0537. The highest BCUT2D eigenvalue weighted by molar-refractivity contribution is 7.11. The van der Waals surface area contributed by atoms with Gasteiger partial charge in [-0.15, -0.1) is 10.2 Å². The van der Waals surface area contributed by atoms with E-state index in [2.05, 4.69) is 55.6 Å². The van der Waals surface area contributed by atoms with Gasteiger partial charge in [0.1, 0.15) is 4.88 Å². The Labute approximate surface area is 243 Å². The summed E-state index contributed by atoms with van der Waals surface area (Å²) < 4.78 is 7.46. The maximum absolute atomic E-state index is 13.4. The van der Waals surface area contributed by atoms with Crippen LogP contribution >= 0.6 is 11.3 Å². The Morgan fingerprint density at radius 1 is 0.925 bits per heavy atom. The van der Waals surface area contributed by atoms with E-state index in [1.165, 1.54) is 22.5 Å². The van der Waals surface area contributed by atoms with E-state index < -0.39 is 0 Å². The van der Waals surface area contributed by atoms with Gasteiger partial charge in [-0.05, 0) is 59.8 Å². The van der Waals surface area contributed by atoms with Crippen LogP contribution in [0, 0.1) is 17.8 Å². The van der Waals surface area contributed by atoms with Crippen molar-refractivity contribution in [2.24, 2.45) is 21.0 Å². The number of para-hydroxylation sites is 1. The molecule has 0 saturated heterocycles. The molecule has 3 rings (SSSR count). The standard InChI is InChI=1S/C33H45N3O3S/c1-13-39-30(38)29-21(6)36(27-23(19(2)3)15-14-16-24(27)20(4)5)31(40-29)35-34-22-17-25(32(7,8)9)28(37)26(18-22)33(10,11)12/h14-20H,13H2,1-12H3/b35-31+. The van der Waals surface area contributed by atoms with E-state index in [0.717, 1.165) is 11.4 Å². The fraction of sp³-hybridized carbons (Fsp3) is 0.515. The van der Waals surface area contributed by atoms with Crippen molar-refractivity contribution in [1.29, 1.82) is 0 Å². The van der Waals surface area contributed by atoms with Gasteiger partial charge in [-0.2, -0.15) is 0 Å². The highest BCUT2D eigenvalue weighted by atomic mass is 32.1. The number of ether oxygens (including phenoxy) is 1. The highest BCUT2D eigenvalue weighted by Gasteiger charge is 2.34. The summed E-state index contributed by atoms with van der Waals surface area (Å²) in [6.45, 7) is 24.9. The van der Waals surface area contributed by atoms with Gasteiger partial charge in [-0.1, -0.05) is 98.8 Å². The normalized spacial score (nSPS) is 15.1. The smallest absolute Gasteiger partial charge is 0.350 e. The predicted molar refractivity (Wildman–Crippen MR) is 166 cm³/mol. The average Bonchev–Trinajstić information content (AvgIpc) is 3.17. The molecule has 0 unspecified atom stereocenters. The topological polar surface area (TPSA) is 73.0 Å². The summed E-state index contributed by atoms with van der Waals surface area (Å²) >= 11 is 1.28. The zero-order chi connectivity index (χ0) is 30.2. The fourth-order valence-electron chi connectivity index (χ4n) is 4.83. The van der Waals surface area contributed by atoms with Crippen molar-refractivity contribution in [3.8, 4) is 5.69 Å². The van der Waals surface area contributed by atoms with Crippen LogP contribution in [0.4, 0.5) is 0 Å². The van der Waals surface area contributed by atoms with E-state index in [1.807, 2.05) is 60.6 Å². The molecule has 1 aromatic carbocycles. The Morgan fingerprint density at radius 3 is 1.85 bits per heavy atom. The van der Waals surface area contributed by atoms with Gasteiger partial charge in [0.05, 0.1) is 18.0 Å². The minimum Gasteiger partial charge on any atom is -0.462 e. The van der Waals surface area contributed by atoms with Crippen molar-refractivity contribution < 1.29 is 14.3 Å². The van der Waals surface area contributed by atoms with Gasteiger partial charge in [0.25, 0.3) is 0 Å². The number of benzene rings is 1. The molecule has 0 N–H and O–H groups in total. The molecule has 216 valence electrons. The molecule has 0 atom stereocenters. The molecule has 0 fully saturated rings. The molecule has 6 nitrogen and oxygen atoms in total. The second-order valence-electron chi connectivity index (χ2n) is 13.0. The number of carbonyl (C=O) groups excluding carboxylic acids is 2. The largest absolute Gasteiger partial charge is 0.462 e. The number of allylic oxidation sites excluding steroid dienone is 4. The number of Topliss-reactive ketones (excluding diaryl/α,β-unsaturated/α-hetero) is 1. The van der Waals surface area contributed by atoms with Gasteiger partial charge in [0.2, 0.25) is 4.80 Å². The van der Waals surface area contributed by atoms with Crippen LogP contribution in [-0.2, 0) is 9.53 Å². The molecule has 0 spiro atoms. The van der Waals surface area contributed by atoms with Gasteiger partial charge in [0, 0.05) is 16.8 Å². The van der Waals surface area contributed by atoms with Gasteiger partial charge in [-0.25, -0.2) is 4.79 Å². The molecule has 1 heterocycles. The third kappa shape index (κ3) is 6.46. The van der Waals surface area contributed by atoms with E-state index in [-0.39, 0.29) is 34.4 Å². The van der Waals surface area contributed by atoms with Crippen molar-refractivity contribution in [3.63, 3.8) is 0 Å². The third-order valence-electron chi connectivity index (χ3n) is 7.02. The van der Waals surface area contributed by atoms with Crippen LogP contribution < -0.4 is 4.80 Å². The first-order valence-electron chi connectivity index (χ1n) is 14.1. The molecule has 0 amide bonds. The first kappa shape index (κ1) is 31.5. The van der Waals surface area contributed by atoms with E-state index >= 15 is 0 Å². The van der Waals surface area contributed by atoms with Gasteiger partial charge >= 0.3 is 5.97 Å². The number of aromatic nitrogens is 1. The zero-order valence-electron chi connectivity index (χ0n) is 26.2. The lowest BCUT2D eigenvalue weighted by molar-refractivity contribution is -0.114. The van der Waals surface area contributed by atoms with Crippen molar-refractivity contribution in [2.75, 3.05) is 6.61 Å². The Balaban J connectivity index is 2.41. The summed E-state index contributed by atoms with van der Waals surface area (Å²) in [6, 6.07) is 6.37. The molecule has 7 heteroatoms. The van der Waals surface area contributed by atoms with Crippen LogP contribution in [0.25, 0.3) is 5.69 Å². The van der Waals surface area contributed by atoms with Crippen LogP contribution in [0.15, 0.2) is 51.7 Å². The lowest BCUT2D eigenvalue weighted by Gasteiger charge is -2.30. The molecule has 1 aliphatic carbocycles. The second kappa shape index (κ2) is 11.8. The van der Waals surface area contributed by atoms with E-state index in [1.54, 1.807) is 6.92 Å². The fourth-order valence-corrected chi connectivity index (χ4v) is 5.79. The Morgan fingerprint density at radius 2 is 1.43 bits per heavy atom. The number of ketones is 1. The molecule has 0 aliphatic heterocycles. The number of thiazole rings is 1. The molecular weight excluding hydrogens is 518 g/mol.